The Bertz CT molecular complexity index is 752. The van der Waals surface area contributed by atoms with Gasteiger partial charge in [0.1, 0.15) is 0 Å². The Morgan fingerprint density at radius 1 is 1.23 bits per heavy atom. The lowest BCUT2D eigenvalue weighted by molar-refractivity contribution is 0.0600. The second-order valence-corrected chi connectivity index (χ2v) is 5.52. The van der Waals surface area contributed by atoms with Crippen molar-refractivity contribution in [1.29, 1.82) is 0 Å². The summed E-state index contributed by atoms with van der Waals surface area (Å²) in [4.78, 5) is 39.7. The lowest BCUT2D eigenvalue weighted by atomic mass is 10.1. The van der Waals surface area contributed by atoms with Gasteiger partial charge in [0.2, 0.25) is 0 Å². The van der Waals surface area contributed by atoms with Crippen LogP contribution >= 0.6 is 11.3 Å². The number of carbonyl (C=O) groups excluding carboxylic acids is 3. The number of aromatic nitrogens is 1. The van der Waals surface area contributed by atoms with E-state index >= 15 is 0 Å². The zero-order valence-electron chi connectivity index (χ0n) is 12.3. The van der Waals surface area contributed by atoms with Crippen LogP contribution in [-0.2, 0) is 4.74 Å². The third-order valence-electron chi connectivity index (χ3n) is 2.88. The molecule has 2 rings (SSSR count). The summed E-state index contributed by atoms with van der Waals surface area (Å²) in [6.07, 6.45) is 0. The molecule has 0 fully saturated rings. The summed E-state index contributed by atoms with van der Waals surface area (Å²) in [5, 5.41) is 2.97. The highest BCUT2D eigenvalue weighted by Crippen LogP contribution is 2.23. The molecule has 0 saturated carbocycles. The van der Waals surface area contributed by atoms with Crippen molar-refractivity contribution in [3.8, 4) is 0 Å². The highest BCUT2D eigenvalue weighted by atomic mass is 32.1. The first kappa shape index (κ1) is 15.8. The summed E-state index contributed by atoms with van der Waals surface area (Å²) >= 11 is 1.12. The summed E-state index contributed by atoms with van der Waals surface area (Å²) in [5.41, 5.74) is 1.17. The van der Waals surface area contributed by atoms with Crippen LogP contribution in [0.4, 0.5) is 5.13 Å². The van der Waals surface area contributed by atoms with Crippen LogP contribution < -0.4 is 5.32 Å². The van der Waals surface area contributed by atoms with Gasteiger partial charge in [-0.3, -0.25) is 14.9 Å². The highest BCUT2D eigenvalue weighted by Gasteiger charge is 2.15. The van der Waals surface area contributed by atoms with Gasteiger partial charge in [0.05, 0.1) is 23.2 Å². The average molecular weight is 318 g/mol. The number of benzene rings is 1. The van der Waals surface area contributed by atoms with Gasteiger partial charge < -0.3 is 4.74 Å². The van der Waals surface area contributed by atoms with E-state index in [4.69, 9.17) is 0 Å². The molecule has 0 aliphatic rings. The highest BCUT2D eigenvalue weighted by molar-refractivity contribution is 7.17. The summed E-state index contributed by atoms with van der Waals surface area (Å²) in [7, 11) is 1.27. The Balaban J connectivity index is 2.21. The maximum absolute atomic E-state index is 12.2. The Kier molecular flexibility index (Phi) is 4.67. The number of aryl methyl sites for hydroxylation is 1. The van der Waals surface area contributed by atoms with E-state index in [1.54, 1.807) is 25.1 Å². The fourth-order valence-corrected chi connectivity index (χ4v) is 2.71. The minimum atomic E-state index is -0.515. The molecule has 1 heterocycles. The maximum Gasteiger partial charge on any atom is 0.337 e. The number of carbonyl (C=O) groups is 3. The third kappa shape index (κ3) is 3.37. The molecule has 1 N–H and O–H groups in total. The number of esters is 1. The van der Waals surface area contributed by atoms with Crippen LogP contribution in [0, 0.1) is 6.92 Å². The predicted molar refractivity (Wildman–Crippen MR) is 82.6 cm³/mol. The Morgan fingerprint density at radius 3 is 2.50 bits per heavy atom. The molecular weight excluding hydrogens is 304 g/mol. The molecule has 0 bridgehead atoms. The van der Waals surface area contributed by atoms with Crippen molar-refractivity contribution in [2.75, 3.05) is 12.4 Å². The van der Waals surface area contributed by atoms with Crippen molar-refractivity contribution in [3.05, 3.63) is 46.0 Å². The number of thiazole rings is 1. The fourth-order valence-electron chi connectivity index (χ4n) is 1.85. The molecule has 0 aliphatic carbocycles. The Hall–Kier alpha value is -2.54. The van der Waals surface area contributed by atoms with E-state index in [0.717, 1.165) is 11.3 Å². The van der Waals surface area contributed by atoms with E-state index in [2.05, 4.69) is 15.0 Å². The molecular formula is C15H14N2O4S. The molecule has 0 spiro atoms. The van der Waals surface area contributed by atoms with Crippen molar-refractivity contribution in [1.82, 2.24) is 4.98 Å². The largest absolute Gasteiger partial charge is 0.465 e. The van der Waals surface area contributed by atoms with Gasteiger partial charge in [0, 0.05) is 12.5 Å². The monoisotopic (exact) mass is 318 g/mol. The number of nitrogens with zero attached hydrogens (tertiary/aromatic N) is 1. The van der Waals surface area contributed by atoms with Crippen molar-refractivity contribution in [2.45, 2.75) is 13.8 Å². The van der Waals surface area contributed by atoms with Crippen LogP contribution in [0.5, 0.6) is 0 Å². The number of nitrogens with one attached hydrogen (secondary N) is 1. The van der Waals surface area contributed by atoms with Gasteiger partial charge in [-0.15, -0.1) is 0 Å². The second-order valence-electron chi connectivity index (χ2n) is 4.52. The number of ketones is 1. The molecule has 1 aromatic carbocycles. The Morgan fingerprint density at radius 2 is 1.91 bits per heavy atom. The topological polar surface area (TPSA) is 85.4 Å². The molecule has 1 aromatic heterocycles. The number of methoxy groups -OCH3 is 1. The molecule has 0 radical (unpaired) electrons. The zero-order chi connectivity index (χ0) is 16.3. The van der Waals surface area contributed by atoms with Gasteiger partial charge >= 0.3 is 5.97 Å². The van der Waals surface area contributed by atoms with Crippen LogP contribution in [0.3, 0.4) is 0 Å². The van der Waals surface area contributed by atoms with Gasteiger partial charge in [-0.2, -0.15) is 0 Å². The number of anilines is 1. The summed E-state index contributed by atoms with van der Waals surface area (Å²) in [6, 6.07) is 6.17. The van der Waals surface area contributed by atoms with Crippen LogP contribution in [0.1, 0.15) is 43.0 Å². The van der Waals surface area contributed by atoms with Gasteiger partial charge in [-0.1, -0.05) is 17.4 Å². The Labute approximate surface area is 131 Å². The maximum atomic E-state index is 12.2. The summed E-state index contributed by atoms with van der Waals surface area (Å²) < 4.78 is 4.62. The number of rotatable bonds is 4. The molecule has 1 amide bonds. The lowest BCUT2D eigenvalue weighted by Crippen LogP contribution is -2.13. The van der Waals surface area contributed by atoms with Crippen LogP contribution in [-0.4, -0.2) is 29.8 Å². The van der Waals surface area contributed by atoms with Crippen LogP contribution in [0.25, 0.3) is 0 Å². The first-order valence-corrected chi connectivity index (χ1v) is 7.22. The minimum Gasteiger partial charge on any atom is -0.465 e. The van der Waals surface area contributed by atoms with Crippen molar-refractivity contribution < 1.29 is 19.1 Å². The SMILES string of the molecule is COC(=O)c1cccc(C(=O)Nc2nc(C)c(C(C)=O)s2)c1. The van der Waals surface area contributed by atoms with E-state index in [-0.39, 0.29) is 11.3 Å². The van der Waals surface area contributed by atoms with Gasteiger partial charge in [-0.05, 0) is 25.1 Å². The predicted octanol–water partition coefficient (Wildman–Crippen LogP) is 2.69. The molecule has 0 atom stereocenters. The van der Waals surface area contributed by atoms with E-state index in [0.29, 0.717) is 21.3 Å². The number of hydrogen-bond acceptors (Lipinski definition) is 6. The zero-order valence-corrected chi connectivity index (χ0v) is 13.1. The van der Waals surface area contributed by atoms with Crippen molar-refractivity contribution in [2.24, 2.45) is 0 Å². The molecule has 0 aliphatic heterocycles. The first-order valence-electron chi connectivity index (χ1n) is 6.40. The van der Waals surface area contributed by atoms with Crippen molar-refractivity contribution in [3.63, 3.8) is 0 Å². The molecule has 2 aromatic rings. The van der Waals surface area contributed by atoms with Gasteiger partial charge in [0.15, 0.2) is 10.9 Å². The minimum absolute atomic E-state index is 0.0943. The van der Waals surface area contributed by atoms with E-state index in [9.17, 15) is 14.4 Å². The third-order valence-corrected chi connectivity index (χ3v) is 4.06. The molecule has 22 heavy (non-hydrogen) atoms. The molecule has 7 heteroatoms. The number of Topliss-reactive ketones (excluding diaryl/α,β-unsaturated/α-hetero) is 1. The normalized spacial score (nSPS) is 10.1. The fraction of sp³-hybridized carbons (Fsp3) is 0.200. The molecule has 6 nitrogen and oxygen atoms in total. The summed E-state index contributed by atoms with van der Waals surface area (Å²) in [6.45, 7) is 3.16. The quantitative estimate of drug-likeness (QED) is 0.692. The first-order chi connectivity index (χ1) is 10.4. The van der Waals surface area contributed by atoms with E-state index < -0.39 is 11.9 Å². The van der Waals surface area contributed by atoms with Gasteiger partial charge in [-0.25, -0.2) is 9.78 Å². The summed E-state index contributed by atoms with van der Waals surface area (Å²) in [5.74, 6) is -1.02. The van der Waals surface area contributed by atoms with Crippen LogP contribution in [0.15, 0.2) is 24.3 Å². The second kappa shape index (κ2) is 6.48. The van der Waals surface area contributed by atoms with Gasteiger partial charge in [0.25, 0.3) is 5.91 Å². The average Bonchev–Trinajstić information content (AvgIpc) is 2.87. The van der Waals surface area contributed by atoms with E-state index in [1.807, 2.05) is 0 Å². The standard InChI is InChI=1S/C15H14N2O4S/c1-8-12(9(2)18)22-15(16-8)17-13(19)10-5-4-6-11(7-10)14(20)21-3/h4-7H,1-3H3,(H,16,17,19). The molecule has 0 unspecified atom stereocenters. The molecule has 0 saturated heterocycles. The number of amides is 1. The smallest absolute Gasteiger partial charge is 0.337 e. The number of hydrogen-bond donors (Lipinski definition) is 1. The molecule has 114 valence electrons. The van der Waals surface area contributed by atoms with Crippen molar-refractivity contribution >= 4 is 34.1 Å². The van der Waals surface area contributed by atoms with E-state index in [1.165, 1.54) is 20.1 Å². The van der Waals surface area contributed by atoms with Crippen LogP contribution in [0.2, 0.25) is 0 Å². The lowest BCUT2D eigenvalue weighted by Gasteiger charge is -2.04. The number of ether oxygens (including phenoxy) is 1.